The van der Waals surface area contributed by atoms with E-state index in [1.165, 1.54) is 0 Å². The highest BCUT2D eigenvalue weighted by molar-refractivity contribution is 5.98. The molecule has 0 spiro atoms. The number of rotatable bonds is 12. The lowest BCUT2D eigenvalue weighted by Crippen LogP contribution is -2.31. The van der Waals surface area contributed by atoms with E-state index >= 15 is 0 Å². The summed E-state index contributed by atoms with van der Waals surface area (Å²) < 4.78 is 22.6. The predicted octanol–water partition coefficient (Wildman–Crippen LogP) is 7.88. The molecule has 1 unspecified atom stereocenters. The Balaban J connectivity index is 1.23. The third kappa shape index (κ3) is 7.57. The normalized spacial score (nSPS) is 14.0. The van der Waals surface area contributed by atoms with Crippen molar-refractivity contribution >= 4 is 17.6 Å². The molecule has 256 valence electrons. The van der Waals surface area contributed by atoms with Crippen LogP contribution >= 0.6 is 0 Å². The summed E-state index contributed by atoms with van der Waals surface area (Å²) in [7, 11) is 4.86. The molecule has 4 aromatic carbocycles. The molecular weight excluding hydrogens is 630 g/mol. The predicted molar refractivity (Wildman–Crippen MR) is 192 cm³/mol. The van der Waals surface area contributed by atoms with Crippen molar-refractivity contribution in [2.24, 2.45) is 0 Å². The van der Waals surface area contributed by atoms with Crippen molar-refractivity contribution in [3.05, 3.63) is 137 Å². The van der Waals surface area contributed by atoms with Crippen molar-refractivity contribution in [2.75, 3.05) is 32.8 Å². The fourth-order valence-corrected chi connectivity index (χ4v) is 6.23. The summed E-state index contributed by atoms with van der Waals surface area (Å²) in [4.78, 5) is 35.6. The van der Waals surface area contributed by atoms with Gasteiger partial charge in [0.2, 0.25) is 5.91 Å². The zero-order valence-corrected chi connectivity index (χ0v) is 29.0. The van der Waals surface area contributed by atoms with Gasteiger partial charge in [0.15, 0.2) is 11.5 Å². The van der Waals surface area contributed by atoms with Gasteiger partial charge in [-0.15, -0.1) is 0 Å². The number of para-hydroxylation sites is 1. The monoisotopic (exact) mass is 671 g/mol. The minimum atomic E-state index is -0.174. The topological polar surface area (TPSA) is 90.4 Å². The number of aromatic nitrogens is 1. The molecular formula is C41H41N3O6. The Labute approximate surface area is 293 Å². The van der Waals surface area contributed by atoms with Crippen LogP contribution in [0.15, 0.2) is 103 Å². The lowest BCUT2D eigenvalue weighted by Gasteiger charge is -2.24. The number of ether oxygens (including phenoxy) is 4. The second kappa shape index (κ2) is 15.2. The van der Waals surface area contributed by atoms with Gasteiger partial charge in [-0.25, -0.2) is 4.98 Å². The van der Waals surface area contributed by atoms with Crippen LogP contribution in [0.3, 0.4) is 0 Å². The highest BCUT2D eigenvalue weighted by atomic mass is 16.5. The maximum Gasteiger partial charge on any atom is 0.254 e. The molecule has 5 aromatic rings. The number of methoxy groups -OCH3 is 3. The van der Waals surface area contributed by atoms with Gasteiger partial charge < -0.3 is 23.8 Å². The van der Waals surface area contributed by atoms with E-state index in [9.17, 15) is 9.59 Å². The molecule has 1 aliphatic rings. The minimum Gasteiger partial charge on any atom is -0.497 e. The first kappa shape index (κ1) is 34.0. The summed E-state index contributed by atoms with van der Waals surface area (Å²) in [5.74, 6) is 3.58. The number of anilines is 1. The van der Waals surface area contributed by atoms with Crippen molar-refractivity contribution < 1.29 is 28.5 Å². The third-order valence-corrected chi connectivity index (χ3v) is 9.03. The molecule has 1 aliphatic heterocycles. The van der Waals surface area contributed by atoms with E-state index in [2.05, 4.69) is 4.98 Å². The number of pyridine rings is 1. The van der Waals surface area contributed by atoms with E-state index < -0.39 is 0 Å². The zero-order chi connectivity index (χ0) is 35.2. The van der Waals surface area contributed by atoms with E-state index in [0.717, 1.165) is 45.1 Å². The van der Waals surface area contributed by atoms with Gasteiger partial charge in [-0.3, -0.25) is 14.5 Å². The van der Waals surface area contributed by atoms with Crippen molar-refractivity contribution in [1.82, 2.24) is 9.88 Å². The molecule has 1 atom stereocenters. The molecule has 0 saturated carbocycles. The number of aryl methyl sites for hydroxylation is 2. The molecule has 1 saturated heterocycles. The van der Waals surface area contributed by atoms with Crippen LogP contribution in [0.4, 0.5) is 5.82 Å². The van der Waals surface area contributed by atoms with Crippen LogP contribution < -0.4 is 23.8 Å². The van der Waals surface area contributed by atoms with Crippen molar-refractivity contribution in [3.63, 3.8) is 0 Å². The highest BCUT2D eigenvalue weighted by Gasteiger charge is 2.33. The number of nitrogens with zero attached hydrogens (tertiary/aromatic N) is 3. The zero-order valence-electron chi connectivity index (χ0n) is 29.0. The Hall–Kier alpha value is -5.83. The standard InChI is InChI=1S/C41H41N3O6/c1-27-7-6-8-28(2)40(27)50-37-21-31(13-18-36(37)49-5)33-23-39(45)44(26-33)38-22-32(19-20-42-38)41(46)43(24-29-9-14-34(47-3)15-10-29)25-30-11-16-35(48-4)17-12-30/h6-22,33H,23-26H2,1-5H3. The first-order valence-corrected chi connectivity index (χ1v) is 16.5. The van der Waals surface area contributed by atoms with Crippen molar-refractivity contribution in [2.45, 2.75) is 39.3 Å². The Morgan fingerprint density at radius 1 is 0.780 bits per heavy atom. The molecule has 0 radical (unpaired) electrons. The lowest BCUT2D eigenvalue weighted by atomic mass is 9.98. The van der Waals surface area contributed by atoms with E-state index in [4.69, 9.17) is 18.9 Å². The second-order valence-corrected chi connectivity index (χ2v) is 12.4. The molecule has 1 fully saturated rings. The summed E-state index contributed by atoms with van der Waals surface area (Å²) in [6.07, 6.45) is 1.89. The maximum atomic E-state index is 14.1. The SMILES string of the molecule is COc1ccc(CN(Cc2ccc(OC)cc2)C(=O)c2ccnc(N3CC(c4ccc(OC)c(Oc5c(C)cccc5C)c4)CC3=O)c2)cc1. The molecule has 6 rings (SSSR count). The quantitative estimate of drug-likeness (QED) is 0.133. The summed E-state index contributed by atoms with van der Waals surface area (Å²) in [6.45, 7) is 5.19. The fourth-order valence-electron chi connectivity index (χ4n) is 6.23. The molecule has 1 aromatic heterocycles. The Bertz CT molecular complexity index is 1910. The van der Waals surface area contributed by atoms with E-state index in [1.54, 1.807) is 49.5 Å². The van der Waals surface area contributed by atoms with E-state index in [-0.39, 0.29) is 17.7 Å². The molecule has 0 aliphatic carbocycles. The average Bonchev–Trinajstić information content (AvgIpc) is 3.54. The Kier molecular flexibility index (Phi) is 10.3. The maximum absolute atomic E-state index is 14.1. The third-order valence-electron chi connectivity index (χ3n) is 9.03. The number of amides is 2. The van der Waals surface area contributed by atoms with Crippen molar-refractivity contribution in [1.29, 1.82) is 0 Å². The summed E-state index contributed by atoms with van der Waals surface area (Å²) in [5, 5.41) is 0. The van der Waals surface area contributed by atoms with Crippen LogP contribution in [0.5, 0.6) is 28.7 Å². The van der Waals surface area contributed by atoms with Gasteiger partial charge in [0, 0.05) is 43.7 Å². The van der Waals surface area contributed by atoms with Gasteiger partial charge in [0.1, 0.15) is 23.1 Å². The molecule has 0 N–H and O–H groups in total. The number of carbonyl (C=O) groups is 2. The van der Waals surface area contributed by atoms with Crippen LogP contribution in [0.1, 0.15) is 50.5 Å². The molecule has 0 bridgehead atoms. The van der Waals surface area contributed by atoms with Gasteiger partial charge in [-0.2, -0.15) is 0 Å². The molecule has 50 heavy (non-hydrogen) atoms. The number of hydrogen-bond donors (Lipinski definition) is 0. The number of hydrogen-bond acceptors (Lipinski definition) is 7. The molecule has 2 heterocycles. The summed E-state index contributed by atoms with van der Waals surface area (Å²) in [6, 6.07) is 30.6. The van der Waals surface area contributed by atoms with Crippen molar-refractivity contribution in [3.8, 4) is 28.7 Å². The molecule has 9 nitrogen and oxygen atoms in total. The van der Waals surface area contributed by atoms with Crippen LogP contribution in [0, 0.1) is 13.8 Å². The van der Waals surface area contributed by atoms with Gasteiger partial charge in [-0.05, 0) is 90.2 Å². The van der Waals surface area contributed by atoms with Gasteiger partial charge in [-0.1, -0.05) is 48.5 Å². The number of benzene rings is 4. The molecule has 2 amide bonds. The number of carbonyl (C=O) groups excluding carboxylic acids is 2. The van der Waals surface area contributed by atoms with E-state index in [1.807, 2.05) is 98.8 Å². The molecule has 9 heteroatoms. The largest absolute Gasteiger partial charge is 0.497 e. The van der Waals surface area contributed by atoms with Crippen LogP contribution in [-0.4, -0.2) is 49.6 Å². The highest BCUT2D eigenvalue weighted by Crippen LogP contribution is 2.39. The fraction of sp³-hybridized carbons (Fsp3) is 0.244. The minimum absolute atomic E-state index is 0.0616. The van der Waals surface area contributed by atoms with Gasteiger partial charge >= 0.3 is 0 Å². The lowest BCUT2D eigenvalue weighted by molar-refractivity contribution is -0.117. The first-order valence-electron chi connectivity index (χ1n) is 16.5. The second-order valence-electron chi connectivity index (χ2n) is 12.4. The van der Waals surface area contributed by atoms with E-state index in [0.29, 0.717) is 48.9 Å². The Morgan fingerprint density at radius 3 is 1.98 bits per heavy atom. The first-order chi connectivity index (χ1) is 24.3. The Morgan fingerprint density at radius 2 is 1.40 bits per heavy atom. The van der Waals surface area contributed by atoms with Gasteiger partial charge in [0.25, 0.3) is 5.91 Å². The smallest absolute Gasteiger partial charge is 0.254 e. The van der Waals surface area contributed by atoms with Gasteiger partial charge in [0.05, 0.1) is 21.3 Å². The average molecular weight is 672 g/mol. The van der Waals surface area contributed by atoms with Crippen LogP contribution in [0.2, 0.25) is 0 Å². The summed E-state index contributed by atoms with van der Waals surface area (Å²) in [5.41, 5.74) is 5.36. The van der Waals surface area contributed by atoms with Crippen LogP contribution in [-0.2, 0) is 17.9 Å². The van der Waals surface area contributed by atoms with Crippen LogP contribution in [0.25, 0.3) is 0 Å². The summed E-state index contributed by atoms with van der Waals surface area (Å²) >= 11 is 0.